The van der Waals surface area contributed by atoms with Crippen LogP contribution in [0, 0.1) is 12.7 Å². The Morgan fingerprint density at radius 1 is 1.11 bits per heavy atom. The molecule has 1 aliphatic rings. The van der Waals surface area contributed by atoms with Crippen molar-refractivity contribution in [3.63, 3.8) is 0 Å². The molecule has 1 saturated heterocycles. The van der Waals surface area contributed by atoms with Gasteiger partial charge in [-0.2, -0.15) is 0 Å². The minimum absolute atomic E-state index is 0.0536. The summed E-state index contributed by atoms with van der Waals surface area (Å²) in [5.41, 5.74) is 2.01. The number of carbonyl (C=O) groups is 2. The fraction of sp³-hybridized carbons (Fsp3) is 0.364. The van der Waals surface area contributed by atoms with Gasteiger partial charge in [-0.15, -0.1) is 0 Å². The molecule has 0 atom stereocenters. The SMILES string of the molecule is Cc1ccc(CNC(=O)CN2CCC(NC(=O)c3ccccc3)CC2)cc1F. The van der Waals surface area contributed by atoms with Crippen LogP contribution in [0.4, 0.5) is 4.39 Å². The second kappa shape index (κ2) is 9.46. The molecule has 0 saturated carbocycles. The number of hydrogen-bond donors (Lipinski definition) is 2. The van der Waals surface area contributed by atoms with Crippen LogP contribution < -0.4 is 10.6 Å². The van der Waals surface area contributed by atoms with Crippen LogP contribution in [0.5, 0.6) is 0 Å². The van der Waals surface area contributed by atoms with Gasteiger partial charge in [0.2, 0.25) is 5.91 Å². The Morgan fingerprint density at radius 3 is 2.50 bits per heavy atom. The Morgan fingerprint density at radius 2 is 1.82 bits per heavy atom. The zero-order chi connectivity index (χ0) is 19.9. The second-order valence-electron chi connectivity index (χ2n) is 7.25. The molecule has 3 rings (SSSR count). The largest absolute Gasteiger partial charge is 0.351 e. The molecule has 6 heteroatoms. The van der Waals surface area contributed by atoms with Gasteiger partial charge in [-0.25, -0.2) is 4.39 Å². The predicted octanol–water partition coefficient (Wildman–Crippen LogP) is 2.64. The molecule has 28 heavy (non-hydrogen) atoms. The van der Waals surface area contributed by atoms with Gasteiger partial charge in [0, 0.05) is 31.2 Å². The molecule has 1 fully saturated rings. The van der Waals surface area contributed by atoms with Crippen LogP contribution in [-0.4, -0.2) is 42.4 Å². The van der Waals surface area contributed by atoms with Crippen molar-refractivity contribution in [2.75, 3.05) is 19.6 Å². The Bertz CT molecular complexity index is 818. The fourth-order valence-electron chi connectivity index (χ4n) is 3.30. The van der Waals surface area contributed by atoms with E-state index >= 15 is 0 Å². The van der Waals surface area contributed by atoms with Gasteiger partial charge >= 0.3 is 0 Å². The second-order valence-corrected chi connectivity index (χ2v) is 7.25. The molecule has 0 unspecified atom stereocenters. The number of nitrogens with one attached hydrogen (secondary N) is 2. The van der Waals surface area contributed by atoms with E-state index in [1.54, 1.807) is 25.1 Å². The molecule has 5 nitrogen and oxygen atoms in total. The van der Waals surface area contributed by atoms with Crippen molar-refractivity contribution in [1.29, 1.82) is 0 Å². The standard InChI is InChI=1S/C22H26FN3O2/c1-16-7-8-17(13-20(16)23)14-24-21(27)15-26-11-9-19(10-12-26)25-22(28)18-5-3-2-4-6-18/h2-8,13,19H,9-12,14-15H2,1H3,(H,24,27)(H,25,28). The number of aryl methyl sites for hydroxylation is 1. The molecule has 2 aromatic rings. The molecule has 148 valence electrons. The van der Waals surface area contributed by atoms with Crippen molar-refractivity contribution < 1.29 is 14.0 Å². The van der Waals surface area contributed by atoms with E-state index in [0.29, 0.717) is 24.2 Å². The number of carbonyl (C=O) groups excluding carboxylic acids is 2. The van der Waals surface area contributed by atoms with E-state index < -0.39 is 0 Å². The summed E-state index contributed by atoms with van der Waals surface area (Å²) in [7, 11) is 0. The molecule has 2 aromatic carbocycles. The first-order valence-electron chi connectivity index (χ1n) is 9.61. The van der Waals surface area contributed by atoms with Gasteiger partial charge in [-0.1, -0.05) is 30.3 Å². The van der Waals surface area contributed by atoms with E-state index in [4.69, 9.17) is 0 Å². The molecular formula is C22H26FN3O2. The van der Waals surface area contributed by atoms with E-state index in [0.717, 1.165) is 31.5 Å². The highest BCUT2D eigenvalue weighted by atomic mass is 19.1. The van der Waals surface area contributed by atoms with Crippen molar-refractivity contribution in [2.24, 2.45) is 0 Å². The van der Waals surface area contributed by atoms with Gasteiger partial charge in [0.15, 0.2) is 0 Å². The van der Waals surface area contributed by atoms with E-state index in [9.17, 15) is 14.0 Å². The number of hydrogen-bond acceptors (Lipinski definition) is 3. The van der Waals surface area contributed by atoms with Crippen LogP contribution in [0.3, 0.4) is 0 Å². The van der Waals surface area contributed by atoms with Crippen molar-refractivity contribution >= 4 is 11.8 Å². The van der Waals surface area contributed by atoms with E-state index in [1.807, 2.05) is 24.3 Å². The lowest BCUT2D eigenvalue weighted by Gasteiger charge is -2.31. The maximum absolute atomic E-state index is 13.6. The molecule has 1 aliphatic heterocycles. The summed E-state index contributed by atoms with van der Waals surface area (Å²) < 4.78 is 13.6. The average Bonchev–Trinajstić information content (AvgIpc) is 2.71. The van der Waals surface area contributed by atoms with Crippen molar-refractivity contribution in [1.82, 2.24) is 15.5 Å². The van der Waals surface area contributed by atoms with Gasteiger partial charge in [-0.05, 0) is 49.1 Å². The smallest absolute Gasteiger partial charge is 0.251 e. The Labute approximate surface area is 164 Å². The maximum atomic E-state index is 13.6. The summed E-state index contributed by atoms with van der Waals surface area (Å²) in [5, 5.41) is 5.90. The van der Waals surface area contributed by atoms with Crippen molar-refractivity contribution in [3.8, 4) is 0 Å². The van der Waals surface area contributed by atoms with Crippen LogP contribution in [0.2, 0.25) is 0 Å². The topological polar surface area (TPSA) is 61.4 Å². The summed E-state index contributed by atoms with van der Waals surface area (Å²) in [6.07, 6.45) is 1.63. The van der Waals surface area contributed by atoms with Gasteiger partial charge in [0.05, 0.1) is 6.54 Å². The first-order valence-corrected chi connectivity index (χ1v) is 9.61. The van der Waals surface area contributed by atoms with Gasteiger partial charge < -0.3 is 10.6 Å². The predicted molar refractivity (Wildman–Crippen MR) is 106 cm³/mol. The zero-order valence-corrected chi connectivity index (χ0v) is 16.1. The molecular weight excluding hydrogens is 357 g/mol. The van der Waals surface area contributed by atoms with Crippen molar-refractivity contribution in [2.45, 2.75) is 32.4 Å². The third-order valence-corrected chi connectivity index (χ3v) is 5.05. The number of rotatable bonds is 6. The Hall–Kier alpha value is -2.73. The third-order valence-electron chi connectivity index (χ3n) is 5.05. The molecule has 2 N–H and O–H groups in total. The van der Waals surface area contributed by atoms with Crippen LogP contribution in [0.1, 0.15) is 34.3 Å². The number of halogens is 1. The highest BCUT2D eigenvalue weighted by molar-refractivity contribution is 5.94. The third kappa shape index (κ3) is 5.63. The number of likely N-dealkylation sites (tertiary alicyclic amines) is 1. The zero-order valence-electron chi connectivity index (χ0n) is 16.1. The summed E-state index contributed by atoms with van der Waals surface area (Å²) in [5.74, 6) is -0.388. The normalized spacial score (nSPS) is 15.2. The van der Waals surface area contributed by atoms with Crippen LogP contribution in [-0.2, 0) is 11.3 Å². The Balaban J connectivity index is 1.38. The van der Waals surface area contributed by atoms with E-state index in [2.05, 4.69) is 15.5 Å². The van der Waals surface area contributed by atoms with Gasteiger partial charge in [-0.3, -0.25) is 14.5 Å². The summed E-state index contributed by atoms with van der Waals surface area (Å²) >= 11 is 0. The molecule has 0 spiro atoms. The van der Waals surface area contributed by atoms with Crippen LogP contribution in [0.15, 0.2) is 48.5 Å². The highest BCUT2D eigenvalue weighted by Gasteiger charge is 2.22. The molecule has 0 aliphatic carbocycles. The van der Waals surface area contributed by atoms with E-state index in [1.165, 1.54) is 6.07 Å². The lowest BCUT2D eigenvalue weighted by molar-refractivity contribution is -0.122. The monoisotopic (exact) mass is 383 g/mol. The minimum atomic E-state index is -0.258. The molecule has 0 radical (unpaired) electrons. The van der Waals surface area contributed by atoms with E-state index in [-0.39, 0.29) is 23.7 Å². The number of nitrogens with zero attached hydrogens (tertiary/aromatic N) is 1. The van der Waals surface area contributed by atoms with Crippen LogP contribution >= 0.6 is 0 Å². The summed E-state index contributed by atoms with van der Waals surface area (Å²) in [4.78, 5) is 26.5. The quantitative estimate of drug-likeness (QED) is 0.806. The first-order chi connectivity index (χ1) is 13.5. The molecule has 0 aromatic heterocycles. The van der Waals surface area contributed by atoms with Crippen LogP contribution in [0.25, 0.3) is 0 Å². The lowest BCUT2D eigenvalue weighted by Crippen LogP contribution is -2.47. The number of amides is 2. The number of piperidine rings is 1. The van der Waals surface area contributed by atoms with Gasteiger partial charge in [0.25, 0.3) is 5.91 Å². The maximum Gasteiger partial charge on any atom is 0.251 e. The lowest BCUT2D eigenvalue weighted by atomic mass is 10.0. The van der Waals surface area contributed by atoms with Crippen molar-refractivity contribution in [3.05, 3.63) is 71.0 Å². The molecule has 0 bridgehead atoms. The molecule has 2 amide bonds. The summed E-state index contributed by atoms with van der Waals surface area (Å²) in [6.45, 7) is 3.86. The molecule has 1 heterocycles. The highest BCUT2D eigenvalue weighted by Crippen LogP contribution is 2.12. The summed E-state index contributed by atoms with van der Waals surface area (Å²) in [6, 6.07) is 14.3. The first kappa shape index (κ1) is 20.0. The van der Waals surface area contributed by atoms with Gasteiger partial charge in [0.1, 0.15) is 5.82 Å². The Kier molecular flexibility index (Phi) is 6.76. The number of benzene rings is 2. The average molecular weight is 383 g/mol. The fourth-order valence-corrected chi connectivity index (χ4v) is 3.30. The minimum Gasteiger partial charge on any atom is -0.351 e.